The Bertz CT molecular complexity index is 1460. The quantitative estimate of drug-likeness (QED) is 0.333. The van der Waals surface area contributed by atoms with E-state index in [0.29, 0.717) is 25.1 Å². The summed E-state index contributed by atoms with van der Waals surface area (Å²) in [5, 5.41) is 9.21. The maximum Gasteiger partial charge on any atom is 0.341 e. The molecule has 1 fully saturated rings. The summed E-state index contributed by atoms with van der Waals surface area (Å²) in [6.07, 6.45) is 6.71. The first-order valence-electron chi connectivity index (χ1n) is 13.4. The Kier molecular flexibility index (Phi) is 9.09. The van der Waals surface area contributed by atoms with Gasteiger partial charge in [-0.25, -0.2) is 13.2 Å². The number of carbonyl (C=O) groups is 2. The van der Waals surface area contributed by atoms with Crippen LogP contribution in [0.2, 0.25) is 0 Å². The second-order valence-electron chi connectivity index (χ2n) is 10.2. The molecule has 0 atom stereocenters. The molecule has 0 radical (unpaired) electrons. The molecule has 1 aliphatic carbocycles. The molecule has 210 valence electrons. The zero-order valence-electron chi connectivity index (χ0n) is 22.6. The zero-order chi connectivity index (χ0) is 28.2. The molecule has 1 heterocycles. The molecule has 1 aliphatic rings. The molecule has 1 saturated carbocycles. The minimum atomic E-state index is -4.18. The molecule has 0 amide bonds. The summed E-state index contributed by atoms with van der Waals surface area (Å²) in [6.45, 7) is 0.220. The first-order chi connectivity index (χ1) is 18.7. The van der Waals surface area contributed by atoms with Crippen molar-refractivity contribution >= 4 is 32.0 Å². The Labute approximate surface area is 229 Å². The highest BCUT2D eigenvalue weighted by Crippen LogP contribution is 2.45. The van der Waals surface area contributed by atoms with E-state index in [1.165, 1.54) is 13.5 Å². The first kappa shape index (κ1) is 28.8. The van der Waals surface area contributed by atoms with Crippen molar-refractivity contribution in [3.05, 3.63) is 53.6 Å². The lowest BCUT2D eigenvalue weighted by Gasteiger charge is -2.24. The number of ether oxygens (including phenoxy) is 1. The molecule has 0 saturated heterocycles. The second kappa shape index (κ2) is 12.3. The van der Waals surface area contributed by atoms with Gasteiger partial charge in [0, 0.05) is 42.7 Å². The summed E-state index contributed by atoms with van der Waals surface area (Å²) in [7, 11) is -0.880. The number of sulfonamides is 1. The van der Waals surface area contributed by atoms with Crippen molar-refractivity contribution in [3.63, 3.8) is 0 Å². The van der Waals surface area contributed by atoms with Crippen LogP contribution in [-0.2, 0) is 21.9 Å². The molecule has 0 aliphatic heterocycles. The van der Waals surface area contributed by atoms with Gasteiger partial charge in [-0.2, -0.15) is 4.31 Å². The van der Waals surface area contributed by atoms with Gasteiger partial charge < -0.3 is 20.1 Å². The maximum atomic E-state index is 13.2. The number of carboxylic acids is 1. The third kappa shape index (κ3) is 6.03. The third-order valence-electron chi connectivity index (χ3n) is 7.55. The molecular weight excluding hydrogens is 518 g/mol. The molecule has 0 unspecified atom stereocenters. The summed E-state index contributed by atoms with van der Waals surface area (Å²) in [4.78, 5) is 24.4. The molecule has 2 aromatic carbocycles. The molecule has 4 rings (SSSR count). The van der Waals surface area contributed by atoms with Gasteiger partial charge in [0.25, 0.3) is 15.1 Å². The number of nitrogens with two attached hydrogens (primary N) is 1. The lowest BCUT2D eigenvalue weighted by atomic mass is 9.81. The number of benzene rings is 2. The number of nitrogens with zero attached hydrogens (tertiary/aromatic N) is 2. The molecule has 9 nitrogen and oxygen atoms in total. The predicted octanol–water partition coefficient (Wildman–Crippen LogP) is 4.50. The summed E-state index contributed by atoms with van der Waals surface area (Å²) in [6, 6.07) is 12.4. The Balaban J connectivity index is 1.83. The molecule has 3 N–H and O–H groups in total. The number of unbranched alkanes of at least 4 members (excludes halogenated alkanes) is 1. The SMILES string of the molecule is CN(CCCCN)S(=O)(=O)C(=O)c1ccc2c(C3CCCCC3)c(-c3ccccc3OCC(=O)O)n(C)c2c1. The van der Waals surface area contributed by atoms with Gasteiger partial charge >= 0.3 is 5.97 Å². The fourth-order valence-electron chi connectivity index (χ4n) is 5.54. The number of carbonyl (C=O) groups excluding carboxylic acids is 1. The largest absolute Gasteiger partial charge is 0.481 e. The van der Waals surface area contributed by atoms with Crippen molar-refractivity contribution in [2.24, 2.45) is 12.8 Å². The fourth-order valence-corrected chi connectivity index (χ4v) is 6.62. The van der Waals surface area contributed by atoms with E-state index < -0.39 is 27.7 Å². The number of carboxylic acid groups (broad SMARTS) is 1. The number of aliphatic carboxylic acids is 1. The van der Waals surface area contributed by atoms with Crippen LogP contribution in [-0.4, -0.2) is 60.2 Å². The van der Waals surface area contributed by atoms with Crippen LogP contribution in [0.4, 0.5) is 0 Å². The van der Waals surface area contributed by atoms with Gasteiger partial charge in [0.15, 0.2) is 6.61 Å². The Hall–Kier alpha value is -3.21. The number of fused-ring (bicyclic) bond motifs is 1. The molecule has 0 spiro atoms. The lowest BCUT2D eigenvalue weighted by molar-refractivity contribution is -0.139. The van der Waals surface area contributed by atoms with E-state index in [4.69, 9.17) is 10.5 Å². The summed E-state index contributed by atoms with van der Waals surface area (Å²) >= 11 is 0. The van der Waals surface area contributed by atoms with Crippen LogP contribution in [0.5, 0.6) is 5.75 Å². The van der Waals surface area contributed by atoms with Crippen LogP contribution in [0, 0.1) is 0 Å². The average Bonchev–Trinajstić information content (AvgIpc) is 3.23. The van der Waals surface area contributed by atoms with Crippen LogP contribution in [0.25, 0.3) is 22.2 Å². The van der Waals surface area contributed by atoms with Crippen molar-refractivity contribution < 1.29 is 27.9 Å². The number of aromatic nitrogens is 1. The summed E-state index contributed by atoms with van der Waals surface area (Å²) < 4.78 is 34.8. The fraction of sp³-hybridized carbons (Fsp3) is 0.448. The Morgan fingerprint density at radius 2 is 1.82 bits per heavy atom. The second-order valence-corrected chi connectivity index (χ2v) is 12.1. The smallest absolute Gasteiger partial charge is 0.341 e. The highest BCUT2D eigenvalue weighted by Gasteiger charge is 2.31. The van der Waals surface area contributed by atoms with E-state index in [2.05, 4.69) is 0 Å². The van der Waals surface area contributed by atoms with E-state index in [1.807, 2.05) is 29.8 Å². The van der Waals surface area contributed by atoms with Crippen molar-refractivity contribution in [3.8, 4) is 17.0 Å². The van der Waals surface area contributed by atoms with Crippen molar-refractivity contribution in [1.29, 1.82) is 0 Å². The Morgan fingerprint density at radius 1 is 1.10 bits per heavy atom. The van der Waals surface area contributed by atoms with E-state index in [-0.39, 0.29) is 18.0 Å². The van der Waals surface area contributed by atoms with E-state index in [1.54, 1.807) is 24.3 Å². The van der Waals surface area contributed by atoms with Gasteiger partial charge in [0.05, 0.1) is 5.69 Å². The van der Waals surface area contributed by atoms with E-state index in [0.717, 1.165) is 57.7 Å². The summed E-state index contributed by atoms with van der Waals surface area (Å²) in [5.41, 5.74) is 9.14. The van der Waals surface area contributed by atoms with Gasteiger partial charge in [0.2, 0.25) is 0 Å². The van der Waals surface area contributed by atoms with Crippen molar-refractivity contribution in [2.45, 2.75) is 50.9 Å². The summed E-state index contributed by atoms with van der Waals surface area (Å²) in [5.74, 6) is -0.323. The molecule has 1 aromatic heterocycles. The normalized spacial score (nSPS) is 14.7. The van der Waals surface area contributed by atoms with Crippen LogP contribution < -0.4 is 10.5 Å². The topological polar surface area (TPSA) is 132 Å². The third-order valence-corrected chi connectivity index (χ3v) is 9.26. The molecular formula is C29H37N3O6S. The number of hydrogen-bond acceptors (Lipinski definition) is 6. The highest BCUT2D eigenvalue weighted by molar-refractivity contribution is 8.04. The lowest BCUT2D eigenvalue weighted by Crippen LogP contribution is -2.34. The molecule has 10 heteroatoms. The predicted molar refractivity (Wildman–Crippen MR) is 151 cm³/mol. The maximum absolute atomic E-state index is 13.2. The van der Waals surface area contributed by atoms with Crippen LogP contribution in [0.3, 0.4) is 0 Å². The monoisotopic (exact) mass is 555 g/mol. The van der Waals surface area contributed by atoms with Crippen molar-refractivity contribution in [1.82, 2.24) is 8.87 Å². The first-order valence-corrected chi connectivity index (χ1v) is 14.9. The van der Waals surface area contributed by atoms with Gasteiger partial charge in [-0.1, -0.05) is 37.5 Å². The Morgan fingerprint density at radius 3 is 2.51 bits per heavy atom. The standard InChI is InChI=1S/C29H37N3O6S/c1-31(17-9-8-16-30)39(36,37)29(35)21-14-15-22-24(18-21)32(2)28(27(22)20-10-4-3-5-11-20)23-12-6-7-13-25(23)38-19-26(33)34/h6-7,12-15,18,20H,3-5,8-11,16-17,19,30H2,1-2H3,(H,33,34). The van der Waals surface area contributed by atoms with Gasteiger partial charge in [-0.3, -0.25) is 4.79 Å². The van der Waals surface area contributed by atoms with Gasteiger partial charge in [-0.15, -0.1) is 0 Å². The van der Waals surface area contributed by atoms with Crippen LogP contribution in [0.1, 0.15) is 66.8 Å². The average molecular weight is 556 g/mol. The minimum absolute atomic E-state index is 0.103. The highest BCUT2D eigenvalue weighted by atomic mass is 32.2. The van der Waals surface area contributed by atoms with Crippen molar-refractivity contribution in [2.75, 3.05) is 26.7 Å². The minimum Gasteiger partial charge on any atom is -0.481 e. The number of para-hydroxylation sites is 1. The van der Waals surface area contributed by atoms with Crippen LogP contribution >= 0.6 is 0 Å². The van der Waals surface area contributed by atoms with Gasteiger partial charge in [0.1, 0.15) is 5.75 Å². The number of rotatable bonds is 11. The number of hydrogen-bond donors (Lipinski definition) is 2. The number of aryl methyl sites for hydroxylation is 1. The van der Waals surface area contributed by atoms with E-state index in [9.17, 15) is 23.1 Å². The zero-order valence-corrected chi connectivity index (χ0v) is 23.4. The molecule has 3 aromatic rings. The van der Waals surface area contributed by atoms with E-state index >= 15 is 0 Å². The van der Waals surface area contributed by atoms with Crippen LogP contribution in [0.15, 0.2) is 42.5 Å². The van der Waals surface area contributed by atoms with Gasteiger partial charge in [-0.05, 0) is 68.0 Å². The molecule has 39 heavy (non-hydrogen) atoms. The molecule has 0 bridgehead atoms.